The Hall–Kier alpha value is -3.90. The molecule has 1 amide bonds. The second-order valence-electron chi connectivity index (χ2n) is 10.7. The fourth-order valence-electron chi connectivity index (χ4n) is 6.03. The zero-order valence-corrected chi connectivity index (χ0v) is 22.5. The van der Waals surface area contributed by atoms with Crippen molar-refractivity contribution in [3.8, 4) is 16.9 Å². The van der Waals surface area contributed by atoms with Crippen molar-refractivity contribution in [1.29, 1.82) is 0 Å². The highest BCUT2D eigenvalue weighted by atomic mass is 35.5. The van der Waals surface area contributed by atoms with Gasteiger partial charge >= 0.3 is 0 Å². The highest BCUT2D eigenvalue weighted by Crippen LogP contribution is 2.67. The van der Waals surface area contributed by atoms with E-state index in [4.69, 9.17) is 11.6 Å². The van der Waals surface area contributed by atoms with Gasteiger partial charge in [-0.15, -0.1) is 5.10 Å². The van der Waals surface area contributed by atoms with Crippen molar-refractivity contribution in [3.63, 3.8) is 0 Å². The number of hydrogen-bond acceptors (Lipinski definition) is 3. The van der Waals surface area contributed by atoms with Crippen LogP contribution < -0.4 is 5.32 Å². The molecule has 6 nitrogen and oxygen atoms in total. The number of fused-ring (bicyclic) bond motifs is 1. The summed E-state index contributed by atoms with van der Waals surface area (Å²) in [7, 11) is 0. The molecule has 38 heavy (non-hydrogen) atoms. The first-order chi connectivity index (χ1) is 18.4. The van der Waals surface area contributed by atoms with E-state index in [1.165, 1.54) is 22.2 Å². The Bertz CT molecular complexity index is 1620. The molecule has 0 radical (unpaired) electrons. The van der Waals surface area contributed by atoms with Crippen molar-refractivity contribution in [2.24, 2.45) is 11.3 Å². The smallest absolute Gasteiger partial charge is 0.274 e. The Balaban J connectivity index is 1.21. The van der Waals surface area contributed by atoms with Gasteiger partial charge in [-0.3, -0.25) is 4.79 Å². The molecule has 0 bridgehead atoms. The van der Waals surface area contributed by atoms with Crippen LogP contribution in [0.5, 0.6) is 0 Å². The van der Waals surface area contributed by atoms with Crippen molar-refractivity contribution >= 4 is 28.4 Å². The molecular weight excluding hydrogens is 494 g/mol. The molecule has 2 heterocycles. The fraction of sp³-hybridized carbons (Fsp3) is 0.258. The molecule has 0 aliphatic heterocycles. The van der Waals surface area contributed by atoms with E-state index in [9.17, 15) is 4.79 Å². The molecule has 7 heteroatoms. The number of aromatic amines is 1. The zero-order chi connectivity index (χ0) is 26.4. The molecule has 1 aliphatic rings. The second-order valence-corrected chi connectivity index (χ2v) is 11.1. The second kappa shape index (κ2) is 9.44. The van der Waals surface area contributed by atoms with Gasteiger partial charge in [-0.1, -0.05) is 79.2 Å². The molecule has 0 saturated heterocycles. The van der Waals surface area contributed by atoms with Crippen LogP contribution in [0.15, 0.2) is 78.9 Å². The van der Waals surface area contributed by atoms with Crippen LogP contribution in [0.2, 0.25) is 5.02 Å². The van der Waals surface area contributed by atoms with E-state index < -0.39 is 0 Å². The number of para-hydroxylation sites is 1. The summed E-state index contributed by atoms with van der Waals surface area (Å²) >= 11 is 6.09. The summed E-state index contributed by atoms with van der Waals surface area (Å²) in [6.45, 7) is 7.40. The highest BCUT2D eigenvalue weighted by molar-refractivity contribution is 6.30. The van der Waals surface area contributed by atoms with Gasteiger partial charge < -0.3 is 10.3 Å². The van der Waals surface area contributed by atoms with Crippen LogP contribution in [-0.2, 0) is 0 Å². The Morgan fingerprint density at radius 2 is 1.74 bits per heavy atom. The topological polar surface area (TPSA) is 75.6 Å². The van der Waals surface area contributed by atoms with Crippen LogP contribution >= 0.6 is 11.6 Å². The number of rotatable bonds is 7. The minimum absolute atomic E-state index is 0.174. The molecule has 5 aromatic rings. The number of carbonyl (C=O) groups excluding carboxylic acids is 1. The van der Waals surface area contributed by atoms with E-state index in [-0.39, 0.29) is 11.3 Å². The zero-order valence-electron chi connectivity index (χ0n) is 21.7. The molecule has 1 saturated carbocycles. The van der Waals surface area contributed by atoms with Crippen molar-refractivity contribution in [2.45, 2.75) is 33.1 Å². The van der Waals surface area contributed by atoms with Crippen LogP contribution in [0.3, 0.4) is 0 Å². The fourth-order valence-corrected chi connectivity index (χ4v) is 6.16. The molecule has 0 spiro atoms. The van der Waals surface area contributed by atoms with Crippen LogP contribution in [0.25, 0.3) is 27.8 Å². The lowest BCUT2D eigenvalue weighted by atomic mass is 10.0. The molecule has 1 fully saturated rings. The molecule has 3 aromatic carbocycles. The third-order valence-electron chi connectivity index (χ3n) is 8.05. The predicted molar refractivity (Wildman–Crippen MR) is 152 cm³/mol. The lowest BCUT2D eigenvalue weighted by molar-refractivity contribution is 0.0947. The molecule has 2 atom stereocenters. The maximum Gasteiger partial charge on any atom is 0.274 e. The lowest BCUT2D eigenvalue weighted by Crippen LogP contribution is -2.26. The monoisotopic (exact) mass is 523 g/mol. The van der Waals surface area contributed by atoms with Crippen LogP contribution in [-0.4, -0.2) is 32.4 Å². The number of aromatic nitrogens is 4. The predicted octanol–water partition coefficient (Wildman–Crippen LogP) is 6.94. The number of amides is 1. The van der Waals surface area contributed by atoms with Gasteiger partial charge in [0.2, 0.25) is 0 Å². The minimum Gasteiger partial charge on any atom is -0.358 e. The first-order valence-corrected chi connectivity index (χ1v) is 13.4. The van der Waals surface area contributed by atoms with Gasteiger partial charge in [-0.05, 0) is 66.5 Å². The van der Waals surface area contributed by atoms with E-state index >= 15 is 0 Å². The number of benzene rings is 3. The summed E-state index contributed by atoms with van der Waals surface area (Å²) in [6, 6.07) is 25.6. The van der Waals surface area contributed by atoms with Crippen molar-refractivity contribution in [1.82, 2.24) is 25.3 Å². The molecule has 2 N–H and O–H groups in total. The molecule has 0 unspecified atom stereocenters. The van der Waals surface area contributed by atoms with Gasteiger partial charge in [-0.2, -0.15) is 0 Å². The summed E-state index contributed by atoms with van der Waals surface area (Å²) in [4.78, 5) is 16.9. The van der Waals surface area contributed by atoms with Gasteiger partial charge in [-0.25, -0.2) is 4.68 Å². The van der Waals surface area contributed by atoms with Crippen molar-refractivity contribution < 1.29 is 4.79 Å². The summed E-state index contributed by atoms with van der Waals surface area (Å²) in [5.74, 6) is 0.725. The van der Waals surface area contributed by atoms with Gasteiger partial charge in [0.1, 0.15) is 5.69 Å². The van der Waals surface area contributed by atoms with Gasteiger partial charge in [0.25, 0.3) is 5.91 Å². The maximum absolute atomic E-state index is 13.4. The minimum atomic E-state index is -0.220. The number of hydrogen-bond donors (Lipinski definition) is 2. The average molecular weight is 524 g/mol. The van der Waals surface area contributed by atoms with Crippen LogP contribution in [0.4, 0.5) is 0 Å². The molecular formula is C31H30ClN5O. The van der Waals surface area contributed by atoms with Gasteiger partial charge in [0, 0.05) is 33.7 Å². The molecule has 1 aliphatic carbocycles. The summed E-state index contributed by atoms with van der Waals surface area (Å²) < 4.78 is 1.69. The van der Waals surface area contributed by atoms with E-state index in [0.717, 1.165) is 17.7 Å². The van der Waals surface area contributed by atoms with E-state index in [2.05, 4.69) is 65.6 Å². The average Bonchev–Trinajstić information content (AvgIpc) is 3.23. The SMILES string of the molecule is Cc1[nH]c2ccccc2c1[C@@H]1[C@H](CCNC(=O)c2nnn(-c3ccc(Cl)cc3)c2-c2ccccc2)C1(C)C. The van der Waals surface area contributed by atoms with Crippen molar-refractivity contribution in [3.05, 3.63) is 101 Å². The van der Waals surface area contributed by atoms with E-state index in [1.54, 1.807) is 16.8 Å². The number of nitrogens with one attached hydrogen (secondary N) is 2. The molecule has 2 aromatic heterocycles. The number of H-pyrrole nitrogens is 1. The maximum atomic E-state index is 13.4. The largest absolute Gasteiger partial charge is 0.358 e. The Morgan fingerprint density at radius 3 is 2.50 bits per heavy atom. The first kappa shape index (κ1) is 24.4. The Kier molecular flexibility index (Phi) is 6.07. The quantitative estimate of drug-likeness (QED) is 0.242. The van der Waals surface area contributed by atoms with Crippen molar-refractivity contribution in [2.75, 3.05) is 6.54 Å². The standard InChI is InChI=1S/C31H30ClN5O/c1-19-26(23-11-7-8-12-25(23)34-19)27-24(31(27,2)3)17-18-33-30(38)28-29(20-9-5-4-6-10-20)37(36-35-28)22-15-13-21(32)14-16-22/h4-16,24,27,34H,17-18H2,1-3H3,(H,33,38)/t24-,27-/m0/s1. The Labute approximate surface area is 227 Å². The lowest BCUT2D eigenvalue weighted by Gasteiger charge is -2.09. The number of halogens is 1. The molecule has 192 valence electrons. The number of carbonyl (C=O) groups is 1. The molecule has 6 rings (SSSR count). The van der Waals surface area contributed by atoms with Gasteiger partial charge in [0.15, 0.2) is 5.69 Å². The van der Waals surface area contributed by atoms with Gasteiger partial charge in [0.05, 0.1) is 5.69 Å². The van der Waals surface area contributed by atoms with E-state index in [0.29, 0.717) is 34.8 Å². The summed E-state index contributed by atoms with van der Waals surface area (Å²) in [5.41, 5.74) is 6.64. The number of aryl methyl sites for hydroxylation is 1. The number of nitrogens with zero attached hydrogens (tertiary/aromatic N) is 3. The summed E-state index contributed by atoms with van der Waals surface area (Å²) in [5, 5.41) is 13.7. The third-order valence-corrected chi connectivity index (χ3v) is 8.30. The highest BCUT2D eigenvalue weighted by Gasteiger charge is 2.58. The first-order valence-electron chi connectivity index (χ1n) is 13.0. The summed E-state index contributed by atoms with van der Waals surface area (Å²) in [6.07, 6.45) is 0.897. The van der Waals surface area contributed by atoms with Crippen LogP contribution in [0, 0.1) is 18.3 Å². The Morgan fingerprint density at radius 1 is 1.03 bits per heavy atom. The normalized spacial score (nSPS) is 18.0. The van der Waals surface area contributed by atoms with E-state index in [1.807, 2.05) is 42.5 Å². The van der Waals surface area contributed by atoms with Crippen LogP contribution in [0.1, 0.15) is 47.9 Å². The third kappa shape index (κ3) is 4.19.